The molecule has 0 N–H and O–H groups in total. The Morgan fingerprint density at radius 1 is 0.280 bits per heavy atom. The van der Waals surface area contributed by atoms with Crippen LogP contribution < -0.4 is 0 Å². The van der Waals surface area contributed by atoms with Crippen molar-refractivity contribution in [1.29, 1.82) is 0 Å². The molecule has 0 rings (SSSR count). The molecule has 0 saturated carbocycles. The van der Waals surface area contributed by atoms with Gasteiger partial charge in [-0.3, -0.25) is 14.4 Å². The van der Waals surface area contributed by atoms with Crippen LogP contribution in [0.1, 0.15) is 213 Å². The first-order valence-electron chi connectivity index (χ1n) is 29.3. The van der Waals surface area contributed by atoms with Crippen molar-refractivity contribution < 1.29 is 28.6 Å². The van der Waals surface area contributed by atoms with Crippen LogP contribution in [0.2, 0.25) is 0 Å². The molecule has 0 heterocycles. The fourth-order valence-electron chi connectivity index (χ4n) is 7.16. The molecule has 6 nitrogen and oxygen atoms in total. The van der Waals surface area contributed by atoms with Gasteiger partial charge in [0.15, 0.2) is 6.10 Å². The van der Waals surface area contributed by atoms with Gasteiger partial charge in [-0.15, -0.1) is 0 Å². The van der Waals surface area contributed by atoms with E-state index in [4.69, 9.17) is 14.2 Å². The third-order valence-corrected chi connectivity index (χ3v) is 11.4. The molecule has 0 aromatic carbocycles. The highest BCUT2D eigenvalue weighted by molar-refractivity contribution is 5.72. The summed E-state index contributed by atoms with van der Waals surface area (Å²) < 4.78 is 16.7. The number of carbonyl (C=O) groups is 3. The molecule has 1 unspecified atom stereocenters. The van der Waals surface area contributed by atoms with E-state index in [1.165, 1.54) is 0 Å². The van der Waals surface area contributed by atoms with E-state index >= 15 is 0 Å². The fraction of sp³-hybridized carbons (Fsp3) is 0.522. The Labute approximate surface area is 459 Å². The van der Waals surface area contributed by atoms with Crippen LogP contribution in [0.3, 0.4) is 0 Å². The number of rotatable bonds is 50. The number of hydrogen-bond donors (Lipinski definition) is 0. The van der Waals surface area contributed by atoms with Crippen molar-refractivity contribution in [1.82, 2.24) is 0 Å². The minimum absolute atomic E-state index is 0.0783. The maximum Gasteiger partial charge on any atom is 0.310 e. The van der Waals surface area contributed by atoms with Crippen molar-refractivity contribution >= 4 is 17.9 Å². The van der Waals surface area contributed by atoms with Gasteiger partial charge < -0.3 is 14.2 Å². The van der Waals surface area contributed by atoms with Crippen LogP contribution in [0, 0.1) is 0 Å². The lowest BCUT2D eigenvalue weighted by Gasteiger charge is -2.18. The van der Waals surface area contributed by atoms with E-state index in [1.807, 2.05) is 6.08 Å². The van der Waals surface area contributed by atoms with E-state index in [0.717, 1.165) is 167 Å². The van der Waals surface area contributed by atoms with E-state index in [-0.39, 0.29) is 31.6 Å². The summed E-state index contributed by atoms with van der Waals surface area (Å²) in [4.78, 5) is 38.1. The second kappa shape index (κ2) is 61.1. The molecule has 0 saturated heterocycles. The zero-order chi connectivity index (χ0) is 54.3. The van der Waals surface area contributed by atoms with E-state index < -0.39 is 12.1 Å². The molecular weight excluding hydrogens is 925 g/mol. The van der Waals surface area contributed by atoms with Crippen LogP contribution in [0.4, 0.5) is 0 Å². The van der Waals surface area contributed by atoms with Crippen molar-refractivity contribution in [2.45, 2.75) is 219 Å². The number of hydrogen-bond acceptors (Lipinski definition) is 6. The second-order valence-corrected chi connectivity index (χ2v) is 18.4. The number of allylic oxidation sites excluding steroid dienone is 29. The van der Waals surface area contributed by atoms with Gasteiger partial charge in [-0.25, -0.2) is 0 Å². The quantitative estimate of drug-likeness (QED) is 0.0261. The van der Waals surface area contributed by atoms with Crippen LogP contribution >= 0.6 is 0 Å². The first-order chi connectivity index (χ1) is 37.0. The average molecular weight is 1030 g/mol. The molecule has 6 heteroatoms. The Morgan fingerprint density at radius 2 is 0.520 bits per heavy atom. The topological polar surface area (TPSA) is 78.9 Å². The summed E-state index contributed by atoms with van der Waals surface area (Å²) in [6.45, 7) is 6.16. The molecule has 0 aromatic rings. The normalized spacial score (nSPS) is 13.5. The lowest BCUT2D eigenvalue weighted by molar-refractivity contribution is -0.166. The predicted octanol–water partition coefficient (Wildman–Crippen LogP) is 20.1. The smallest absolute Gasteiger partial charge is 0.310 e. The molecule has 0 aliphatic heterocycles. The molecule has 0 spiro atoms. The van der Waals surface area contributed by atoms with E-state index in [2.05, 4.69) is 191 Å². The van der Waals surface area contributed by atoms with Gasteiger partial charge in [-0.05, 0) is 135 Å². The molecule has 0 radical (unpaired) electrons. The molecular formula is C69H104O6. The monoisotopic (exact) mass is 1030 g/mol. The van der Waals surface area contributed by atoms with E-state index in [1.54, 1.807) is 6.08 Å². The standard InChI is InChI=1S/C69H104O6/c1-4-7-10-13-16-19-22-25-28-29-30-31-32-33-34-35-36-37-38-39-42-44-47-50-53-56-59-62-68(71)74-65-66(75-69(72)63-60-57-54-51-48-45-41-27-24-21-18-15-12-9-6-3)64-73-67(70)61-58-55-52-49-46-43-40-26-23-20-17-14-11-8-5-2/h7-12,16-21,25-28,30-31,33-34,36-37,39-42,48,51,57,60,66H,4-6,13-15,22-24,29,32,35,38,43-47,49-50,52-56,58-59,61-65H2,1-3H3/b10-7-,11-8-,12-9-,19-16-,20-17-,21-18-,28-25-,31-30-,34-33-,37-36-,40-26-,41-27-,42-39-,51-48-,60-57-. The molecule has 416 valence electrons. The molecule has 0 aliphatic rings. The number of carbonyl (C=O) groups excluding carboxylic acids is 3. The molecule has 75 heavy (non-hydrogen) atoms. The molecule has 1 atom stereocenters. The molecule has 0 amide bonds. The summed E-state index contributed by atoms with van der Waals surface area (Å²) in [5, 5.41) is 0. The van der Waals surface area contributed by atoms with Gasteiger partial charge in [0.25, 0.3) is 0 Å². The third-order valence-electron chi connectivity index (χ3n) is 11.4. The summed E-state index contributed by atoms with van der Waals surface area (Å²) in [5.74, 6) is -1.12. The lowest BCUT2D eigenvalue weighted by Crippen LogP contribution is -2.30. The van der Waals surface area contributed by atoms with Gasteiger partial charge in [0.1, 0.15) is 13.2 Å². The summed E-state index contributed by atoms with van der Waals surface area (Å²) >= 11 is 0. The van der Waals surface area contributed by atoms with Gasteiger partial charge in [-0.1, -0.05) is 242 Å². The SMILES string of the molecule is CC/C=C\C/C=C\C/C=C\C/C=C\C/C=C\C/C=C\C/C=C\CCCCCCCC(=O)OCC(COC(=O)CCCCCCC/C=C\C/C=C\C/C=C\CC)OC(=O)C/C=C\C/C=C\C/C=C\C/C=C\C/C=C\CC. The summed E-state index contributed by atoms with van der Waals surface area (Å²) in [6.07, 6.45) is 92.0. The highest BCUT2D eigenvalue weighted by Gasteiger charge is 2.19. The van der Waals surface area contributed by atoms with Crippen LogP contribution in [-0.4, -0.2) is 37.2 Å². The van der Waals surface area contributed by atoms with Crippen LogP contribution in [0.25, 0.3) is 0 Å². The zero-order valence-corrected chi connectivity index (χ0v) is 47.5. The number of esters is 3. The number of unbranched alkanes of at least 4 members (excludes halogenated alkanes) is 10. The van der Waals surface area contributed by atoms with Crippen molar-refractivity contribution in [3.8, 4) is 0 Å². The highest BCUT2D eigenvalue weighted by atomic mass is 16.6. The van der Waals surface area contributed by atoms with Gasteiger partial charge >= 0.3 is 17.9 Å². The zero-order valence-electron chi connectivity index (χ0n) is 47.5. The van der Waals surface area contributed by atoms with Gasteiger partial charge in [0.05, 0.1) is 6.42 Å². The molecule has 0 bridgehead atoms. The summed E-state index contributed by atoms with van der Waals surface area (Å²) in [5.41, 5.74) is 0. The van der Waals surface area contributed by atoms with Gasteiger partial charge in [0, 0.05) is 12.8 Å². The lowest BCUT2D eigenvalue weighted by atomic mass is 10.1. The fourth-order valence-corrected chi connectivity index (χ4v) is 7.16. The Balaban J connectivity index is 4.52. The van der Waals surface area contributed by atoms with Gasteiger partial charge in [0.2, 0.25) is 0 Å². The summed E-state index contributed by atoms with van der Waals surface area (Å²) in [6, 6.07) is 0. The second-order valence-electron chi connectivity index (χ2n) is 18.4. The summed E-state index contributed by atoms with van der Waals surface area (Å²) in [7, 11) is 0. The molecule has 0 aromatic heterocycles. The Kier molecular flexibility index (Phi) is 56.6. The highest BCUT2D eigenvalue weighted by Crippen LogP contribution is 2.12. The molecule has 0 fully saturated rings. The van der Waals surface area contributed by atoms with E-state index in [0.29, 0.717) is 19.3 Å². The Bertz CT molecular complexity index is 1800. The van der Waals surface area contributed by atoms with Crippen molar-refractivity contribution in [3.05, 3.63) is 182 Å². The maximum atomic E-state index is 12.8. The Morgan fingerprint density at radius 3 is 0.813 bits per heavy atom. The average Bonchev–Trinajstić information content (AvgIpc) is 3.41. The predicted molar refractivity (Wildman–Crippen MR) is 324 cm³/mol. The largest absolute Gasteiger partial charge is 0.462 e. The van der Waals surface area contributed by atoms with Crippen LogP contribution in [0.5, 0.6) is 0 Å². The third kappa shape index (κ3) is 59.3. The van der Waals surface area contributed by atoms with Crippen LogP contribution in [0.15, 0.2) is 182 Å². The van der Waals surface area contributed by atoms with Crippen molar-refractivity contribution in [2.75, 3.05) is 13.2 Å². The number of ether oxygens (including phenoxy) is 3. The van der Waals surface area contributed by atoms with Gasteiger partial charge in [-0.2, -0.15) is 0 Å². The Hall–Kier alpha value is -5.49. The van der Waals surface area contributed by atoms with Crippen molar-refractivity contribution in [3.63, 3.8) is 0 Å². The first kappa shape index (κ1) is 69.5. The minimum Gasteiger partial charge on any atom is -0.462 e. The molecule has 0 aliphatic carbocycles. The van der Waals surface area contributed by atoms with E-state index in [9.17, 15) is 14.4 Å². The maximum absolute atomic E-state index is 12.8. The minimum atomic E-state index is -0.859. The van der Waals surface area contributed by atoms with Crippen LogP contribution in [-0.2, 0) is 28.6 Å². The first-order valence-corrected chi connectivity index (χ1v) is 29.3. The van der Waals surface area contributed by atoms with Crippen molar-refractivity contribution in [2.24, 2.45) is 0 Å².